The standard InChI is InChI=1S/C17H15NO3S/c1-10-4-5-11(8-14(10)21-3)16(19)17-18-13-7-6-12(20-2)9-15(13)22-17/h4-9H,1-3H3. The van der Waals surface area contributed by atoms with E-state index in [0.29, 0.717) is 16.3 Å². The van der Waals surface area contributed by atoms with Crippen molar-refractivity contribution in [2.24, 2.45) is 0 Å². The van der Waals surface area contributed by atoms with Crippen LogP contribution >= 0.6 is 11.3 Å². The molecule has 0 spiro atoms. The summed E-state index contributed by atoms with van der Waals surface area (Å²) >= 11 is 1.37. The lowest BCUT2D eigenvalue weighted by atomic mass is 10.1. The highest BCUT2D eigenvalue weighted by atomic mass is 32.1. The van der Waals surface area contributed by atoms with E-state index in [1.54, 1.807) is 26.4 Å². The summed E-state index contributed by atoms with van der Waals surface area (Å²) in [6.07, 6.45) is 0. The quantitative estimate of drug-likeness (QED) is 0.686. The number of rotatable bonds is 4. The average Bonchev–Trinajstić information content (AvgIpc) is 2.97. The number of benzene rings is 2. The lowest BCUT2D eigenvalue weighted by molar-refractivity contribution is 0.103. The van der Waals surface area contributed by atoms with Gasteiger partial charge in [0.25, 0.3) is 0 Å². The topological polar surface area (TPSA) is 48.4 Å². The maximum absolute atomic E-state index is 12.6. The summed E-state index contributed by atoms with van der Waals surface area (Å²) in [7, 11) is 3.22. The molecule has 0 aliphatic rings. The summed E-state index contributed by atoms with van der Waals surface area (Å²) < 4.78 is 11.4. The van der Waals surface area contributed by atoms with E-state index >= 15 is 0 Å². The van der Waals surface area contributed by atoms with Crippen LogP contribution in [0, 0.1) is 6.92 Å². The van der Waals surface area contributed by atoms with Gasteiger partial charge < -0.3 is 9.47 Å². The van der Waals surface area contributed by atoms with E-state index in [4.69, 9.17) is 9.47 Å². The molecule has 0 unspecified atom stereocenters. The van der Waals surface area contributed by atoms with Crippen LogP contribution in [0.3, 0.4) is 0 Å². The molecule has 0 radical (unpaired) electrons. The normalized spacial score (nSPS) is 10.7. The first-order valence-electron chi connectivity index (χ1n) is 6.76. The van der Waals surface area contributed by atoms with Gasteiger partial charge in [0.05, 0.1) is 24.4 Å². The molecule has 0 aliphatic carbocycles. The molecule has 2 aromatic carbocycles. The second-order valence-corrected chi connectivity index (χ2v) is 5.90. The van der Waals surface area contributed by atoms with Crippen LogP contribution in [0.5, 0.6) is 11.5 Å². The number of carbonyl (C=O) groups excluding carboxylic acids is 1. The molecule has 0 fully saturated rings. The monoisotopic (exact) mass is 313 g/mol. The number of hydrogen-bond acceptors (Lipinski definition) is 5. The van der Waals surface area contributed by atoms with Crippen molar-refractivity contribution in [3.8, 4) is 11.5 Å². The van der Waals surface area contributed by atoms with Crippen molar-refractivity contribution in [2.45, 2.75) is 6.92 Å². The molecule has 0 aliphatic heterocycles. The number of carbonyl (C=O) groups is 1. The molecule has 112 valence electrons. The molecule has 0 saturated carbocycles. The number of methoxy groups -OCH3 is 2. The molecule has 5 heteroatoms. The van der Waals surface area contributed by atoms with Crippen molar-refractivity contribution in [1.82, 2.24) is 4.98 Å². The first-order chi connectivity index (χ1) is 10.6. The van der Waals surface area contributed by atoms with Gasteiger partial charge >= 0.3 is 0 Å². The van der Waals surface area contributed by atoms with Crippen LogP contribution in [0.15, 0.2) is 36.4 Å². The molecular formula is C17H15NO3S. The van der Waals surface area contributed by atoms with E-state index in [9.17, 15) is 4.79 Å². The molecule has 22 heavy (non-hydrogen) atoms. The van der Waals surface area contributed by atoms with Gasteiger partial charge in [0.1, 0.15) is 11.5 Å². The lowest BCUT2D eigenvalue weighted by Gasteiger charge is -2.05. The smallest absolute Gasteiger partial charge is 0.221 e. The van der Waals surface area contributed by atoms with Crippen LogP contribution < -0.4 is 9.47 Å². The predicted molar refractivity (Wildman–Crippen MR) is 87.3 cm³/mol. The third-order valence-corrected chi connectivity index (χ3v) is 4.48. The van der Waals surface area contributed by atoms with E-state index < -0.39 is 0 Å². The van der Waals surface area contributed by atoms with Gasteiger partial charge in [0, 0.05) is 5.56 Å². The van der Waals surface area contributed by atoms with Crippen LogP contribution in [0.1, 0.15) is 20.9 Å². The Hall–Kier alpha value is -2.40. The number of fused-ring (bicyclic) bond motifs is 1. The number of hydrogen-bond donors (Lipinski definition) is 0. The molecule has 0 atom stereocenters. The van der Waals surface area contributed by atoms with Gasteiger partial charge in [-0.3, -0.25) is 4.79 Å². The second-order valence-electron chi connectivity index (χ2n) is 4.87. The molecule has 0 N–H and O–H groups in total. The number of ether oxygens (including phenoxy) is 2. The van der Waals surface area contributed by atoms with Crippen LogP contribution in [-0.2, 0) is 0 Å². The maximum atomic E-state index is 12.6. The number of aromatic nitrogens is 1. The first kappa shape index (κ1) is 14.5. The van der Waals surface area contributed by atoms with E-state index in [-0.39, 0.29) is 5.78 Å². The average molecular weight is 313 g/mol. The third kappa shape index (κ3) is 2.55. The van der Waals surface area contributed by atoms with Crippen molar-refractivity contribution in [2.75, 3.05) is 14.2 Å². The summed E-state index contributed by atoms with van der Waals surface area (Å²) in [5, 5.41) is 0.467. The lowest BCUT2D eigenvalue weighted by Crippen LogP contribution is -2.01. The zero-order chi connectivity index (χ0) is 15.7. The molecule has 1 aromatic heterocycles. The van der Waals surface area contributed by atoms with Gasteiger partial charge in [-0.05, 0) is 36.8 Å². The van der Waals surface area contributed by atoms with Gasteiger partial charge in [0.15, 0.2) is 5.01 Å². The summed E-state index contributed by atoms with van der Waals surface area (Å²) in [5.41, 5.74) is 2.37. The van der Waals surface area contributed by atoms with Crippen molar-refractivity contribution in [3.05, 3.63) is 52.5 Å². The van der Waals surface area contributed by atoms with Crippen LogP contribution in [0.2, 0.25) is 0 Å². The Balaban J connectivity index is 2.01. The van der Waals surface area contributed by atoms with E-state index in [0.717, 1.165) is 21.5 Å². The van der Waals surface area contributed by atoms with Crippen molar-refractivity contribution >= 4 is 27.3 Å². The first-order valence-corrected chi connectivity index (χ1v) is 7.58. The largest absolute Gasteiger partial charge is 0.497 e. The van der Waals surface area contributed by atoms with Gasteiger partial charge in [-0.15, -0.1) is 11.3 Å². The number of thiazole rings is 1. The fourth-order valence-electron chi connectivity index (χ4n) is 2.21. The van der Waals surface area contributed by atoms with Crippen LogP contribution in [0.4, 0.5) is 0 Å². The fourth-order valence-corrected chi connectivity index (χ4v) is 3.17. The highest BCUT2D eigenvalue weighted by Crippen LogP contribution is 2.28. The van der Waals surface area contributed by atoms with Crippen molar-refractivity contribution < 1.29 is 14.3 Å². The Bertz CT molecular complexity index is 854. The van der Waals surface area contributed by atoms with Gasteiger partial charge in [-0.2, -0.15) is 0 Å². The van der Waals surface area contributed by atoms with Gasteiger partial charge in [-0.25, -0.2) is 4.98 Å². The van der Waals surface area contributed by atoms with E-state index in [2.05, 4.69) is 4.98 Å². The Kier molecular flexibility index (Phi) is 3.81. The SMILES string of the molecule is COc1ccc2nc(C(=O)c3ccc(C)c(OC)c3)sc2c1. The number of nitrogens with zero attached hydrogens (tertiary/aromatic N) is 1. The summed E-state index contributed by atoms with van der Waals surface area (Å²) in [6.45, 7) is 1.94. The maximum Gasteiger partial charge on any atom is 0.221 e. The Labute approximate surface area is 132 Å². The minimum absolute atomic E-state index is 0.0986. The summed E-state index contributed by atoms with van der Waals surface area (Å²) in [5.74, 6) is 1.36. The molecule has 0 amide bonds. The van der Waals surface area contributed by atoms with E-state index in [1.807, 2.05) is 31.2 Å². The molecular weight excluding hydrogens is 298 g/mol. The second kappa shape index (κ2) is 5.77. The summed E-state index contributed by atoms with van der Waals surface area (Å²) in [6, 6.07) is 11.0. The highest BCUT2D eigenvalue weighted by molar-refractivity contribution is 7.20. The van der Waals surface area contributed by atoms with Crippen LogP contribution in [0.25, 0.3) is 10.2 Å². The Morgan fingerprint density at radius 2 is 1.91 bits per heavy atom. The molecule has 3 aromatic rings. The van der Waals surface area contributed by atoms with Gasteiger partial charge in [0.2, 0.25) is 5.78 Å². The van der Waals surface area contributed by atoms with E-state index in [1.165, 1.54) is 11.3 Å². The van der Waals surface area contributed by atoms with Gasteiger partial charge in [-0.1, -0.05) is 12.1 Å². The van der Waals surface area contributed by atoms with Crippen molar-refractivity contribution in [1.29, 1.82) is 0 Å². The zero-order valence-corrected chi connectivity index (χ0v) is 13.4. The summed E-state index contributed by atoms with van der Waals surface area (Å²) in [4.78, 5) is 17.0. The third-order valence-electron chi connectivity index (χ3n) is 3.46. The van der Waals surface area contributed by atoms with Crippen molar-refractivity contribution in [3.63, 3.8) is 0 Å². The minimum Gasteiger partial charge on any atom is -0.497 e. The van der Waals surface area contributed by atoms with Crippen LogP contribution in [-0.4, -0.2) is 25.0 Å². The molecule has 4 nitrogen and oxygen atoms in total. The predicted octanol–water partition coefficient (Wildman–Crippen LogP) is 3.85. The minimum atomic E-state index is -0.0986. The molecule has 0 saturated heterocycles. The Morgan fingerprint density at radius 1 is 1.09 bits per heavy atom. The fraction of sp³-hybridized carbons (Fsp3) is 0.176. The number of ketones is 1. The molecule has 3 rings (SSSR count). The number of aryl methyl sites for hydroxylation is 1. The molecule has 1 heterocycles. The molecule has 0 bridgehead atoms. The zero-order valence-electron chi connectivity index (χ0n) is 12.5. The Morgan fingerprint density at radius 3 is 2.64 bits per heavy atom. The highest BCUT2D eigenvalue weighted by Gasteiger charge is 2.16.